The van der Waals surface area contributed by atoms with Crippen molar-refractivity contribution in [3.05, 3.63) is 93.9 Å². The van der Waals surface area contributed by atoms with Crippen molar-refractivity contribution < 1.29 is 9.72 Å². The molecular formula is C22H18N6O3S. The summed E-state index contributed by atoms with van der Waals surface area (Å²) in [5.41, 5.74) is 2.53. The molecule has 0 bridgehead atoms. The molecule has 0 radical (unpaired) electrons. The highest BCUT2D eigenvalue weighted by Gasteiger charge is 2.20. The second kappa shape index (κ2) is 9.31. The lowest BCUT2D eigenvalue weighted by Crippen LogP contribution is -2.13. The molecular weight excluding hydrogens is 428 g/mol. The summed E-state index contributed by atoms with van der Waals surface area (Å²) in [6, 6.07) is 13.2. The van der Waals surface area contributed by atoms with Crippen LogP contribution in [0.4, 0.5) is 16.5 Å². The van der Waals surface area contributed by atoms with Crippen molar-refractivity contribution in [2.45, 2.75) is 13.0 Å². The molecule has 1 amide bonds. The van der Waals surface area contributed by atoms with Crippen molar-refractivity contribution in [1.29, 1.82) is 0 Å². The van der Waals surface area contributed by atoms with E-state index in [0.717, 1.165) is 11.3 Å². The van der Waals surface area contributed by atoms with E-state index in [2.05, 4.69) is 25.6 Å². The average Bonchev–Trinajstić information content (AvgIpc) is 3.28. The van der Waals surface area contributed by atoms with Crippen LogP contribution in [0.3, 0.4) is 0 Å². The summed E-state index contributed by atoms with van der Waals surface area (Å²) in [6.45, 7) is 1.86. The number of hydrogen-bond donors (Lipinski definition) is 2. The predicted molar refractivity (Wildman–Crippen MR) is 123 cm³/mol. The lowest BCUT2D eigenvalue weighted by atomic mass is 10.1. The number of carbonyl (C=O) groups excluding carboxylic acids is 1. The monoisotopic (exact) mass is 446 g/mol. The number of nitrogens with zero attached hydrogens (tertiary/aromatic N) is 4. The van der Waals surface area contributed by atoms with Crippen molar-refractivity contribution in [2.75, 3.05) is 10.6 Å². The van der Waals surface area contributed by atoms with Gasteiger partial charge in [0, 0.05) is 41.2 Å². The number of amides is 1. The molecule has 1 atom stereocenters. The zero-order chi connectivity index (χ0) is 22.5. The number of aromatic nitrogens is 3. The van der Waals surface area contributed by atoms with Crippen LogP contribution < -0.4 is 10.6 Å². The van der Waals surface area contributed by atoms with Crippen molar-refractivity contribution in [3.63, 3.8) is 0 Å². The van der Waals surface area contributed by atoms with E-state index in [1.165, 1.54) is 29.5 Å². The SMILES string of the molecule is CC(Nc1ccc(C(=O)Nc2nc(-c3cccnc3)cs2)cc1[N+](=O)[O-])c1ccccn1. The number of carbonyl (C=O) groups is 1. The third-order valence-electron chi connectivity index (χ3n) is 4.64. The first kappa shape index (κ1) is 21.1. The first-order chi connectivity index (χ1) is 15.5. The number of nitro groups is 1. The zero-order valence-electron chi connectivity index (χ0n) is 16.9. The van der Waals surface area contributed by atoms with E-state index in [-0.39, 0.29) is 17.3 Å². The summed E-state index contributed by atoms with van der Waals surface area (Å²) in [6.07, 6.45) is 5.01. The van der Waals surface area contributed by atoms with E-state index in [9.17, 15) is 14.9 Å². The molecule has 1 aromatic carbocycles. The van der Waals surface area contributed by atoms with Crippen LogP contribution in [0.25, 0.3) is 11.3 Å². The van der Waals surface area contributed by atoms with E-state index in [1.54, 1.807) is 36.1 Å². The largest absolute Gasteiger partial charge is 0.371 e. The standard InChI is InChI=1S/C22H18N6O3S/c1-14(17-6-2-3-10-24-17)25-18-8-7-15(11-20(18)28(30)31)21(29)27-22-26-19(13-32-22)16-5-4-9-23-12-16/h2-14,25H,1H3,(H,26,27,29). The molecule has 2 N–H and O–H groups in total. The van der Waals surface area contributed by atoms with Gasteiger partial charge in [-0.2, -0.15) is 0 Å². The molecule has 3 aromatic heterocycles. The van der Waals surface area contributed by atoms with Gasteiger partial charge in [-0.15, -0.1) is 11.3 Å². The van der Waals surface area contributed by atoms with Gasteiger partial charge < -0.3 is 5.32 Å². The van der Waals surface area contributed by atoms with Crippen LogP contribution in [-0.2, 0) is 0 Å². The van der Waals surface area contributed by atoms with Crippen LogP contribution in [-0.4, -0.2) is 25.8 Å². The number of pyridine rings is 2. The highest BCUT2D eigenvalue weighted by molar-refractivity contribution is 7.14. The minimum Gasteiger partial charge on any atom is -0.371 e. The molecule has 1 unspecified atom stereocenters. The van der Waals surface area contributed by atoms with Crippen molar-refractivity contribution in [3.8, 4) is 11.3 Å². The molecule has 3 heterocycles. The molecule has 0 aliphatic heterocycles. The minimum atomic E-state index is -0.520. The van der Waals surface area contributed by atoms with Crippen LogP contribution >= 0.6 is 11.3 Å². The molecule has 4 rings (SSSR count). The van der Waals surface area contributed by atoms with Gasteiger partial charge >= 0.3 is 0 Å². The number of hydrogen-bond acceptors (Lipinski definition) is 8. The number of thiazole rings is 1. The zero-order valence-corrected chi connectivity index (χ0v) is 17.7. The Hall–Kier alpha value is -4.18. The summed E-state index contributed by atoms with van der Waals surface area (Å²) >= 11 is 1.26. The number of rotatable bonds is 7. The normalized spacial score (nSPS) is 11.5. The van der Waals surface area contributed by atoms with Crippen LogP contribution in [0.15, 0.2) is 72.5 Å². The molecule has 160 valence electrons. The summed E-state index contributed by atoms with van der Waals surface area (Å²) in [5.74, 6) is -0.482. The van der Waals surface area contributed by atoms with Crippen LogP contribution in [0.5, 0.6) is 0 Å². The molecule has 0 spiro atoms. The third-order valence-corrected chi connectivity index (χ3v) is 5.40. The second-order valence-corrected chi connectivity index (χ2v) is 7.70. The Morgan fingerprint density at radius 3 is 2.75 bits per heavy atom. The van der Waals surface area contributed by atoms with E-state index >= 15 is 0 Å². The van der Waals surface area contributed by atoms with E-state index in [4.69, 9.17) is 0 Å². The first-order valence-electron chi connectivity index (χ1n) is 9.64. The fraction of sp³-hybridized carbons (Fsp3) is 0.0909. The average molecular weight is 446 g/mol. The lowest BCUT2D eigenvalue weighted by molar-refractivity contribution is -0.384. The molecule has 4 aromatic rings. The quantitative estimate of drug-likeness (QED) is 0.305. The summed E-state index contributed by atoms with van der Waals surface area (Å²) in [5, 5.41) is 19.6. The van der Waals surface area contributed by atoms with Gasteiger partial charge in [-0.25, -0.2) is 4.98 Å². The molecule has 32 heavy (non-hydrogen) atoms. The van der Waals surface area contributed by atoms with Gasteiger partial charge in [0.15, 0.2) is 5.13 Å². The Balaban J connectivity index is 1.51. The second-order valence-electron chi connectivity index (χ2n) is 6.84. The predicted octanol–water partition coefficient (Wildman–Crippen LogP) is 4.93. The fourth-order valence-corrected chi connectivity index (χ4v) is 3.75. The van der Waals surface area contributed by atoms with Crippen LogP contribution in [0.2, 0.25) is 0 Å². The van der Waals surface area contributed by atoms with Gasteiger partial charge in [-0.05, 0) is 43.3 Å². The molecule has 10 heteroatoms. The maximum absolute atomic E-state index is 12.7. The Labute approximate surface area is 187 Å². The summed E-state index contributed by atoms with van der Waals surface area (Å²) in [7, 11) is 0. The van der Waals surface area contributed by atoms with E-state index < -0.39 is 10.8 Å². The van der Waals surface area contributed by atoms with Gasteiger partial charge in [0.2, 0.25) is 0 Å². The van der Waals surface area contributed by atoms with Crippen molar-refractivity contribution in [1.82, 2.24) is 15.0 Å². The maximum atomic E-state index is 12.7. The summed E-state index contributed by atoms with van der Waals surface area (Å²) < 4.78 is 0. The van der Waals surface area contributed by atoms with Crippen molar-refractivity contribution >= 4 is 33.8 Å². The number of nitro benzene ring substituents is 1. The lowest BCUT2D eigenvalue weighted by Gasteiger charge is -2.15. The highest BCUT2D eigenvalue weighted by Crippen LogP contribution is 2.30. The minimum absolute atomic E-state index is 0.158. The number of anilines is 2. The number of nitrogens with one attached hydrogen (secondary N) is 2. The van der Waals surface area contributed by atoms with Gasteiger partial charge in [0.1, 0.15) is 5.69 Å². The molecule has 0 fully saturated rings. The van der Waals surface area contributed by atoms with Gasteiger partial charge in [0.05, 0.1) is 22.4 Å². The van der Waals surface area contributed by atoms with Gasteiger partial charge in [0.25, 0.3) is 11.6 Å². The topological polar surface area (TPSA) is 123 Å². The molecule has 0 saturated heterocycles. The Morgan fingerprint density at radius 2 is 2.03 bits per heavy atom. The molecule has 9 nitrogen and oxygen atoms in total. The Morgan fingerprint density at radius 1 is 1.16 bits per heavy atom. The smallest absolute Gasteiger partial charge is 0.293 e. The van der Waals surface area contributed by atoms with Crippen LogP contribution in [0.1, 0.15) is 29.0 Å². The van der Waals surface area contributed by atoms with E-state index in [0.29, 0.717) is 16.5 Å². The third kappa shape index (κ3) is 4.76. The first-order valence-corrected chi connectivity index (χ1v) is 10.5. The maximum Gasteiger partial charge on any atom is 0.293 e. The highest BCUT2D eigenvalue weighted by atomic mass is 32.1. The Kier molecular flexibility index (Phi) is 6.13. The van der Waals surface area contributed by atoms with Crippen molar-refractivity contribution in [2.24, 2.45) is 0 Å². The molecule has 0 saturated carbocycles. The fourth-order valence-electron chi connectivity index (χ4n) is 3.03. The van der Waals surface area contributed by atoms with E-state index in [1.807, 2.05) is 25.1 Å². The summed E-state index contributed by atoms with van der Waals surface area (Å²) in [4.78, 5) is 36.5. The molecule has 0 aliphatic carbocycles. The Bertz CT molecular complexity index is 1250. The molecule has 0 aliphatic rings. The van der Waals surface area contributed by atoms with Gasteiger partial charge in [-0.3, -0.25) is 30.2 Å². The number of benzene rings is 1. The van der Waals surface area contributed by atoms with Crippen LogP contribution in [0, 0.1) is 10.1 Å². The van der Waals surface area contributed by atoms with Gasteiger partial charge in [-0.1, -0.05) is 6.07 Å².